The van der Waals surface area contributed by atoms with Gasteiger partial charge in [0.05, 0.1) is 28.6 Å². The number of benzene rings is 1. The van der Waals surface area contributed by atoms with Gasteiger partial charge in [0.2, 0.25) is 5.91 Å². The molecular formula is C21H23Cl2N3O4. The molecule has 0 spiro atoms. The number of pyridine rings is 1. The van der Waals surface area contributed by atoms with Crippen molar-refractivity contribution in [2.24, 2.45) is 5.92 Å². The van der Waals surface area contributed by atoms with Crippen molar-refractivity contribution in [1.82, 2.24) is 15.2 Å². The number of ether oxygens (including phenoxy) is 1. The maximum Gasteiger partial charge on any atom is 0.409 e. The van der Waals surface area contributed by atoms with Crippen molar-refractivity contribution >= 4 is 35.2 Å². The van der Waals surface area contributed by atoms with Gasteiger partial charge in [-0.25, -0.2) is 4.79 Å². The minimum Gasteiger partial charge on any atom is -0.508 e. The van der Waals surface area contributed by atoms with Crippen LogP contribution in [0, 0.1) is 5.92 Å². The summed E-state index contributed by atoms with van der Waals surface area (Å²) in [6, 6.07) is 5.64. The van der Waals surface area contributed by atoms with Crippen LogP contribution in [-0.4, -0.2) is 46.7 Å². The highest BCUT2D eigenvalue weighted by Gasteiger charge is 2.38. The van der Waals surface area contributed by atoms with E-state index in [1.54, 1.807) is 24.5 Å². The van der Waals surface area contributed by atoms with Gasteiger partial charge in [0, 0.05) is 31.0 Å². The van der Waals surface area contributed by atoms with E-state index in [4.69, 9.17) is 27.9 Å². The molecule has 1 saturated heterocycles. The molecule has 1 fully saturated rings. The quantitative estimate of drug-likeness (QED) is 0.616. The SMILES string of the molecule is CCCCOC(=O)N1CC(C(=O)NC(c2ccncc2)c2c(O)ccc(Cl)c2Cl)C1. The maximum absolute atomic E-state index is 12.9. The van der Waals surface area contributed by atoms with E-state index in [1.807, 2.05) is 6.92 Å². The number of likely N-dealkylation sites (tertiary alicyclic amines) is 1. The van der Waals surface area contributed by atoms with E-state index >= 15 is 0 Å². The van der Waals surface area contributed by atoms with E-state index in [2.05, 4.69) is 10.3 Å². The molecule has 0 radical (unpaired) electrons. The second-order valence-corrected chi connectivity index (χ2v) is 7.87. The summed E-state index contributed by atoms with van der Waals surface area (Å²) < 4.78 is 5.16. The Bertz CT molecular complexity index is 905. The summed E-state index contributed by atoms with van der Waals surface area (Å²) in [6.07, 6.45) is 4.51. The Morgan fingerprint density at radius 1 is 1.27 bits per heavy atom. The Kier molecular flexibility index (Phi) is 7.39. The van der Waals surface area contributed by atoms with Gasteiger partial charge in [0.25, 0.3) is 0 Å². The molecule has 0 bridgehead atoms. The molecule has 7 nitrogen and oxygen atoms in total. The van der Waals surface area contributed by atoms with Crippen LogP contribution >= 0.6 is 23.2 Å². The molecule has 30 heavy (non-hydrogen) atoms. The molecule has 3 rings (SSSR count). The van der Waals surface area contributed by atoms with Crippen molar-refractivity contribution in [1.29, 1.82) is 0 Å². The first-order chi connectivity index (χ1) is 14.4. The molecular weight excluding hydrogens is 429 g/mol. The predicted octanol–water partition coefficient (Wildman–Crippen LogP) is 4.17. The fourth-order valence-corrected chi connectivity index (χ4v) is 3.59. The number of carbonyl (C=O) groups is 2. The van der Waals surface area contributed by atoms with Crippen LogP contribution in [0.5, 0.6) is 5.75 Å². The summed E-state index contributed by atoms with van der Waals surface area (Å²) in [5.74, 6) is -0.723. The number of aromatic nitrogens is 1. The molecule has 2 N–H and O–H groups in total. The Labute approximate surface area is 184 Å². The maximum atomic E-state index is 12.9. The smallest absolute Gasteiger partial charge is 0.409 e. The van der Waals surface area contributed by atoms with Crippen molar-refractivity contribution in [2.45, 2.75) is 25.8 Å². The number of unbranched alkanes of at least 4 members (excludes halogenated alkanes) is 1. The third kappa shape index (κ3) is 4.96. The average molecular weight is 452 g/mol. The van der Waals surface area contributed by atoms with E-state index < -0.39 is 12.1 Å². The number of carbonyl (C=O) groups excluding carboxylic acids is 2. The standard InChI is InChI=1S/C21H23Cl2N3O4/c1-2-3-10-30-21(29)26-11-14(12-26)20(28)25-19(13-6-8-24-9-7-13)17-16(27)5-4-15(22)18(17)23/h4-9,14,19,27H,2-3,10-12H2,1H3,(H,25,28). The number of rotatable bonds is 7. The van der Waals surface area contributed by atoms with Crippen LogP contribution in [0.25, 0.3) is 0 Å². The molecule has 2 heterocycles. The first-order valence-electron chi connectivity index (χ1n) is 9.71. The molecule has 1 aromatic heterocycles. The zero-order valence-electron chi connectivity index (χ0n) is 16.5. The summed E-state index contributed by atoms with van der Waals surface area (Å²) in [5.41, 5.74) is 0.992. The summed E-state index contributed by atoms with van der Waals surface area (Å²) in [5, 5.41) is 13.8. The van der Waals surface area contributed by atoms with Crippen LogP contribution in [0.2, 0.25) is 10.0 Å². The highest BCUT2D eigenvalue weighted by atomic mass is 35.5. The molecule has 1 atom stereocenters. The van der Waals surface area contributed by atoms with Gasteiger partial charge in [-0.15, -0.1) is 0 Å². The largest absolute Gasteiger partial charge is 0.508 e. The monoisotopic (exact) mass is 451 g/mol. The van der Waals surface area contributed by atoms with Gasteiger partial charge in [-0.05, 0) is 36.2 Å². The number of nitrogens with zero attached hydrogens (tertiary/aromatic N) is 2. The minimum absolute atomic E-state index is 0.0822. The van der Waals surface area contributed by atoms with Crippen molar-refractivity contribution in [3.05, 3.63) is 57.8 Å². The summed E-state index contributed by atoms with van der Waals surface area (Å²) in [6.45, 7) is 2.94. The Balaban J connectivity index is 1.72. The number of nitrogens with one attached hydrogen (secondary N) is 1. The van der Waals surface area contributed by atoms with Crippen molar-refractivity contribution in [2.75, 3.05) is 19.7 Å². The first-order valence-corrected chi connectivity index (χ1v) is 10.5. The lowest BCUT2D eigenvalue weighted by atomic mass is 9.95. The topological polar surface area (TPSA) is 91.8 Å². The highest BCUT2D eigenvalue weighted by Crippen LogP contribution is 2.39. The van der Waals surface area contributed by atoms with E-state index in [0.717, 1.165) is 12.8 Å². The van der Waals surface area contributed by atoms with Crippen LogP contribution in [-0.2, 0) is 9.53 Å². The van der Waals surface area contributed by atoms with E-state index in [1.165, 1.54) is 17.0 Å². The first kappa shape index (κ1) is 22.2. The van der Waals surface area contributed by atoms with Gasteiger partial charge in [-0.1, -0.05) is 36.5 Å². The lowest BCUT2D eigenvalue weighted by Gasteiger charge is -2.38. The minimum atomic E-state index is -0.725. The normalized spacial score (nSPS) is 14.7. The average Bonchev–Trinajstić information content (AvgIpc) is 2.70. The van der Waals surface area contributed by atoms with Crippen molar-refractivity contribution in [3.63, 3.8) is 0 Å². The molecule has 1 aliphatic heterocycles. The molecule has 160 valence electrons. The predicted molar refractivity (Wildman–Crippen MR) is 114 cm³/mol. The molecule has 0 aliphatic carbocycles. The van der Waals surface area contributed by atoms with Gasteiger partial charge in [0.15, 0.2) is 0 Å². The van der Waals surface area contributed by atoms with E-state index in [-0.39, 0.29) is 40.7 Å². The Morgan fingerprint density at radius 3 is 2.63 bits per heavy atom. The highest BCUT2D eigenvalue weighted by molar-refractivity contribution is 6.42. The molecule has 1 unspecified atom stereocenters. The summed E-state index contributed by atoms with van der Waals surface area (Å²) in [7, 11) is 0. The van der Waals surface area contributed by atoms with Crippen LogP contribution < -0.4 is 5.32 Å². The van der Waals surface area contributed by atoms with Crippen LogP contribution in [0.4, 0.5) is 4.79 Å². The number of phenolic OH excluding ortho intramolecular Hbond substituents is 1. The Hall–Kier alpha value is -2.51. The zero-order chi connectivity index (χ0) is 21.7. The van der Waals surface area contributed by atoms with Gasteiger partial charge in [-0.3, -0.25) is 9.78 Å². The number of hydrogen-bond donors (Lipinski definition) is 2. The number of phenols is 1. The zero-order valence-corrected chi connectivity index (χ0v) is 18.0. The molecule has 1 aromatic carbocycles. The Morgan fingerprint density at radius 2 is 1.97 bits per heavy atom. The van der Waals surface area contributed by atoms with Crippen molar-refractivity contribution in [3.8, 4) is 5.75 Å². The molecule has 9 heteroatoms. The fraction of sp³-hybridized carbons (Fsp3) is 0.381. The number of amides is 2. The number of hydrogen-bond acceptors (Lipinski definition) is 5. The second kappa shape index (κ2) is 10.00. The molecule has 2 amide bonds. The van der Waals surface area contributed by atoms with Gasteiger partial charge in [0.1, 0.15) is 5.75 Å². The van der Waals surface area contributed by atoms with Crippen LogP contribution in [0.15, 0.2) is 36.7 Å². The molecule has 2 aromatic rings. The third-order valence-corrected chi connectivity index (χ3v) is 5.78. The lowest BCUT2D eigenvalue weighted by molar-refractivity contribution is -0.129. The molecule has 1 aliphatic rings. The summed E-state index contributed by atoms with van der Waals surface area (Å²) in [4.78, 5) is 30.3. The van der Waals surface area contributed by atoms with Crippen LogP contribution in [0.3, 0.4) is 0 Å². The molecule has 0 saturated carbocycles. The fourth-order valence-electron chi connectivity index (χ4n) is 3.16. The van der Waals surface area contributed by atoms with Crippen LogP contribution in [0.1, 0.15) is 36.9 Å². The van der Waals surface area contributed by atoms with Crippen molar-refractivity contribution < 1.29 is 19.4 Å². The van der Waals surface area contributed by atoms with Gasteiger partial charge >= 0.3 is 6.09 Å². The van der Waals surface area contributed by atoms with E-state index in [0.29, 0.717) is 17.7 Å². The number of aromatic hydroxyl groups is 1. The summed E-state index contributed by atoms with van der Waals surface area (Å²) >= 11 is 12.5. The number of halogens is 2. The van der Waals surface area contributed by atoms with E-state index in [9.17, 15) is 14.7 Å². The van der Waals surface area contributed by atoms with Gasteiger partial charge < -0.3 is 20.1 Å². The van der Waals surface area contributed by atoms with Gasteiger partial charge in [-0.2, -0.15) is 0 Å². The third-order valence-electron chi connectivity index (χ3n) is 4.96. The second-order valence-electron chi connectivity index (χ2n) is 7.09. The lowest BCUT2D eigenvalue weighted by Crippen LogP contribution is -2.56.